The van der Waals surface area contributed by atoms with Crippen LogP contribution in [0.25, 0.3) is 27.4 Å². The molecule has 2 aromatic carbocycles. The molecule has 0 saturated carbocycles. The van der Waals surface area contributed by atoms with Crippen molar-refractivity contribution in [2.45, 2.75) is 0 Å². The van der Waals surface area contributed by atoms with Crippen LogP contribution in [0, 0.1) is 3.57 Å². The normalized spacial score (nSPS) is 11.2. The lowest BCUT2D eigenvalue weighted by molar-refractivity contribution is 1.02. The molecule has 0 radical (unpaired) electrons. The van der Waals surface area contributed by atoms with Crippen LogP contribution in [0.5, 0.6) is 0 Å². The maximum atomic E-state index is 4.56. The van der Waals surface area contributed by atoms with Crippen molar-refractivity contribution in [2.24, 2.45) is 0 Å². The molecule has 20 heavy (non-hydrogen) atoms. The van der Waals surface area contributed by atoms with E-state index in [1.807, 2.05) is 6.20 Å². The number of pyridine rings is 1. The van der Waals surface area contributed by atoms with Crippen LogP contribution < -0.4 is 0 Å². The fourth-order valence-electron chi connectivity index (χ4n) is 2.46. The van der Waals surface area contributed by atoms with Gasteiger partial charge in [-0.2, -0.15) is 0 Å². The first-order valence-corrected chi connectivity index (χ1v) is 7.50. The van der Waals surface area contributed by atoms with E-state index >= 15 is 0 Å². The molecule has 0 bridgehead atoms. The summed E-state index contributed by atoms with van der Waals surface area (Å²) in [4.78, 5) is 4.56. The number of rotatable bonds is 1. The number of hydrogen-bond donors (Lipinski definition) is 0. The molecule has 2 nitrogen and oxygen atoms in total. The predicted molar refractivity (Wildman–Crippen MR) is 91.3 cm³/mol. The van der Waals surface area contributed by atoms with Gasteiger partial charge >= 0.3 is 0 Å². The number of fused-ring (bicyclic) bond motifs is 2. The molecule has 0 aliphatic rings. The predicted octanol–water partition coefficient (Wildman–Crippen LogP) is 4.78. The van der Waals surface area contributed by atoms with E-state index in [4.69, 9.17) is 0 Å². The fraction of sp³-hybridized carbons (Fsp3) is 0. The highest BCUT2D eigenvalue weighted by molar-refractivity contribution is 14.1. The van der Waals surface area contributed by atoms with E-state index in [-0.39, 0.29) is 0 Å². The molecule has 0 fully saturated rings. The molecule has 0 aliphatic carbocycles. The van der Waals surface area contributed by atoms with Gasteiger partial charge in [-0.25, -0.2) is 4.98 Å². The van der Waals surface area contributed by atoms with Gasteiger partial charge in [0.25, 0.3) is 0 Å². The van der Waals surface area contributed by atoms with E-state index in [1.165, 1.54) is 25.1 Å². The molecular formula is C17H11IN2. The van der Waals surface area contributed by atoms with Crippen LogP contribution in [0.2, 0.25) is 0 Å². The standard InChI is InChI=1S/C17H11IN2/c18-16-6-5-12-9-19-17(8-15(12)7-16)20-10-13-3-1-2-4-14(13)11-20/h1-11H/i18-4. The third-order valence-corrected chi connectivity index (χ3v) is 4.16. The largest absolute Gasteiger partial charge is 0.307 e. The summed E-state index contributed by atoms with van der Waals surface area (Å²) in [5, 5.41) is 4.86. The summed E-state index contributed by atoms with van der Waals surface area (Å²) in [5.74, 6) is 0.954. The molecule has 0 spiro atoms. The highest BCUT2D eigenvalue weighted by Crippen LogP contribution is 2.22. The molecule has 3 heteroatoms. The zero-order chi connectivity index (χ0) is 13.5. The Labute approximate surface area is 130 Å². The second kappa shape index (κ2) is 4.59. The van der Waals surface area contributed by atoms with Crippen LogP contribution in [0.3, 0.4) is 0 Å². The third-order valence-electron chi connectivity index (χ3n) is 3.49. The maximum Gasteiger partial charge on any atom is 0.137 e. The molecule has 0 N–H and O–H groups in total. The van der Waals surface area contributed by atoms with Gasteiger partial charge in [0, 0.05) is 27.5 Å². The van der Waals surface area contributed by atoms with Gasteiger partial charge in [0.1, 0.15) is 5.82 Å². The molecule has 4 rings (SSSR count). The highest BCUT2D eigenvalue weighted by Gasteiger charge is 2.03. The molecule has 0 saturated heterocycles. The Morgan fingerprint density at radius 1 is 0.800 bits per heavy atom. The van der Waals surface area contributed by atoms with Crippen LogP contribution in [0.4, 0.5) is 0 Å². The second-order valence-corrected chi connectivity index (χ2v) is 6.07. The number of hydrogen-bond acceptors (Lipinski definition) is 1. The number of halogens is 1. The first-order valence-electron chi connectivity index (χ1n) is 6.42. The summed E-state index contributed by atoms with van der Waals surface area (Å²) in [7, 11) is 0. The maximum absolute atomic E-state index is 4.56. The van der Waals surface area contributed by atoms with E-state index in [0.717, 1.165) is 5.82 Å². The first-order chi connectivity index (χ1) is 9.79. The van der Waals surface area contributed by atoms with Crippen molar-refractivity contribution in [3.8, 4) is 5.82 Å². The quantitative estimate of drug-likeness (QED) is 0.443. The summed E-state index contributed by atoms with van der Waals surface area (Å²) in [6, 6.07) is 16.9. The lowest BCUT2D eigenvalue weighted by atomic mass is 10.2. The third kappa shape index (κ3) is 1.98. The Morgan fingerprint density at radius 3 is 2.30 bits per heavy atom. The van der Waals surface area contributed by atoms with Crippen LogP contribution in [0.15, 0.2) is 67.1 Å². The summed E-state index contributed by atoms with van der Waals surface area (Å²) in [5.41, 5.74) is 0. The van der Waals surface area contributed by atoms with Gasteiger partial charge in [0.05, 0.1) is 0 Å². The van der Waals surface area contributed by atoms with Crippen molar-refractivity contribution in [2.75, 3.05) is 0 Å². The van der Waals surface area contributed by atoms with Gasteiger partial charge in [-0.15, -0.1) is 0 Å². The van der Waals surface area contributed by atoms with Gasteiger partial charge < -0.3 is 4.57 Å². The van der Waals surface area contributed by atoms with Gasteiger partial charge in [-0.1, -0.05) is 30.3 Å². The van der Waals surface area contributed by atoms with E-state index in [9.17, 15) is 0 Å². The summed E-state index contributed by atoms with van der Waals surface area (Å²) in [6.07, 6.45) is 6.18. The van der Waals surface area contributed by atoms with Gasteiger partial charge in [0.2, 0.25) is 0 Å². The van der Waals surface area contributed by atoms with Crippen molar-refractivity contribution >= 4 is 44.1 Å². The Bertz CT molecular complexity index is 891. The molecule has 2 aromatic heterocycles. The molecule has 0 amide bonds. The van der Waals surface area contributed by atoms with Gasteiger partial charge in [-0.05, 0) is 56.9 Å². The molecular weight excluding hydrogens is 355 g/mol. The monoisotopic (exact) mass is 366 g/mol. The van der Waals surface area contributed by atoms with Crippen LogP contribution in [-0.4, -0.2) is 9.55 Å². The van der Waals surface area contributed by atoms with Crippen LogP contribution >= 0.6 is 22.6 Å². The lowest BCUT2D eigenvalue weighted by Gasteiger charge is -2.04. The lowest BCUT2D eigenvalue weighted by Crippen LogP contribution is -1.93. The van der Waals surface area contributed by atoms with Crippen LogP contribution in [-0.2, 0) is 0 Å². The average Bonchev–Trinajstić information content (AvgIpc) is 2.90. The second-order valence-electron chi connectivity index (χ2n) is 4.83. The summed E-state index contributed by atoms with van der Waals surface area (Å²) >= 11 is 2.34. The fourth-order valence-corrected chi connectivity index (χ4v) is 2.97. The van der Waals surface area contributed by atoms with Crippen molar-refractivity contribution in [3.63, 3.8) is 0 Å². The highest BCUT2D eigenvalue weighted by atomic mass is 123. The minimum absolute atomic E-state index is 0.954. The first kappa shape index (κ1) is 11.9. The Morgan fingerprint density at radius 2 is 1.55 bits per heavy atom. The zero-order valence-electron chi connectivity index (χ0n) is 10.6. The number of aromatic nitrogens is 2. The Balaban J connectivity index is 1.92. The zero-order valence-corrected chi connectivity index (χ0v) is 12.8. The Kier molecular flexibility index (Phi) is 2.73. The van der Waals surface area contributed by atoms with E-state index in [1.54, 1.807) is 0 Å². The molecule has 96 valence electrons. The number of benzene rings is 2. The van der Waals surface area contributed by atoms with Crippen molar-refractivity contribution in [1.29, 1.82) is 0 Å². The average molecular weight is 366 g/mol. The minimum Gasteiger partial charge on any atom is -0.307 e. The SMILES string of the molecule is [123I]c1ccc2cnc(-n3cc4ccccc4c3)cc2c1. The van der Waals surface area contributed by atoms with Crippen LogP contribution in [0.1, 0.15) is 0 Å². The molecule has 0 unspecified atom stereocenters. The van der Waals surface area contributed by atoms with E-state index in [0.29, 0.717) is 0 Å². The van der Waals surface area contributed by atoms with E-state index in [2.05, 4.69) is 93.1 Å². The van der Waals surface area contributed by atoms with E-state index < -0.39 is 0 Å². The van der Waals surface area contributed by atoms with Gasteiger partial charge in [0.15, 0.2) is 0 Å². The Hall–Kier alpha value is -1.88. The number of nitrogens with zero attached hydrogens (tertiary/aromatic N) is 2. The van der Waals surface area contributed by atoms with Crippen molar-refractivity contribution in [1.82, 2.24) is 9.55 Å². The summed E-state index contributed by atoms with van der Waals surface area (Å²) in [6.45, 7) is 0. The summed E-state index contributed by atoms with van der Waals surface area (Å²) < 4.78 is 3.33. The smallest absolute Gasteiger partial charge is 0.137 e. The topological polar surface area (TPSA) is 17.8 Å². The molecule has 0 atom stereocenters. The minimum atomic E-state index is 0.954. The van der Waals surface area contributed by atoms with Gasteiger partial charge in [-0.3, -0.25) is 0 Å². The molecule has 4 aromatic rings. The molecule has 0 aliphatic heterocycles. The van der Waals surface area contributed by atoms with Crippen molar-refractivity contribution < 1.29 is 0 Å². The van der Waals surface area contributed by atoms with Crippen molar-refractivity contribution in [3.05, 3.63) is 70.7 Å². The molecule has 2 heterocycles.